The van der Waals surface area contributed by atoms with Crippen molar-refractivity contribution < 1.29 is 9.59 Å². The van der Waals surface area contributed by atoms with Crippen LogP contribution in [0.3, 0.4) is 0 Å². The van der Waals surface area contributed by atoms with Crippen molar-refractivity contribution in [2.75, 3.05) is 18.0 Å². The molecule has 3 amide bonds. The minimum atomic E-state index is -0.794. The maximum absolute atomic E-state index is 12.7. The number of amides is 3. The highest BCUT2D eigenvalue weighted by Gasteiger charge is 2.34. The van der Waals surface area contributed by atoms with E-state index in [1.807, 2.05) is 24.3 Å². The van der Waals surface area contributed by atoms with Crippen molar-refractivity contribution in [2.45, 2.75) is 39.8 Å². The molecule has 1 aromatic rings. The SMILES string of the molecule is CC(C)N(CCN1C(=O)/C(=N/NC(N)=O)c2ccccc21)C(C)C.Cl. The van der Waals surface area contributed by atoms with Crippen molar-refractivity contribution in [2.24, 2.45) is 10.8 Å². The minimum Gasteiger partial charge on any atom is -0.350 e. The molecule has 138 valence electrons. The number of hydrazone groups is 1. The molecule has 25 heavy (non-hydrogen) atoms. The highest BCUT2D eigenvalue weighted by molar-refractivity contribution is 6.54. The third-order valence-corrected chi connectivity index (χ3v) is 4.08. The summed E-state index contributed by atoms with van der Waals surface area (Å²) >= 11 is 0. The number of hydrogen-bond donors (Lipinski definition) is 2. The Morgan fingerprint density at radius 3 is 2.40 bits per heavy atom. The van der Waals surface area contributed by atoms with Crippen LogP contribution in [0.1, 0.15) is 33.3 Å². The van der Waals surface area contributed by atoms with E-state index in [0.29, 0.717) is 24.2 Å². The maximum atomic E-state index is 12.7. The second kappa shape index (κ2) is 8.82. The van der Waals surface area contributed by atoms with Crippen LogP contribution in [0.15, 0.2) is 29.4 Å². The van der Waals surface area contributed by atoms with Gasteiger partial charge in [-0.1, -0.05) is 18.2 Å². The van der Waals surface area contributed by atoms with E-state index in [0.717, 1.165) is 12.2 Å². The van der Waals surface area contributed by atoms with E-state index in [1.54, 1.807) is 4.90 Å². The summed E-state index contributed by atoms with van der Waals surface area (Å²) in [4.78, 5) is 27.6. The molecule has 1 heterocycles. The van der Waals surface area contributed by atoms with Gasteiger partial charge in [0, 0.05) is 30.7 Å². The molecule has 0 saturated carbocycles. The predicted molar refractivity (Wildman–Crippen MR) is 102 cm³/mol. The zero-order valence-electron chi connectivity index (χ0n) is 15.0. The second-order valence-corrected chi connectivity index (χ2v) is 6.34. The molecule has 1 aliphatic rings. The number of halogens is 1. The fraction of sp³-hybridized carbons (Fsp3) is 0.471. The molecule has 2 rings (SSSR count). The Morgan fingerprint density at radius 2 is 1.84 bits per heavy atom. The highest BCUT2D eigenvalue weighted by Crippen LogP contribution is 2.28. The molecular weight excluding hydrogens is 342 g/mol. The lowest BCUT2D eigenvalue weighted by atomic mass is 10.1. The first-order valence-corrected chi connectivity index (χ1v) is 8.13. The molecule has 0 spiro atoms. The Labute approximate surface area is 154 Å². The van der Waals surface area contributed by atoms with Crippen LogP contribution in [-0.4, -0.2) is 47.7 Å². The number of benzene rings is 1. The molecule has 7 nitrogen and oxygen atoms in total. The Morgan fingerprint density at radius 1 is 1.24 bits per heavy atom. The first-order valence-electron chi connectivity index (χ1n) is 8.13. The number of nitrogens with one attached hydrogen (secondary N) is 1. The van der Waals surface area contributed by atoms with Crippen molar-refractivity contribution in [1.82, 2.24) is 10.3 Å². The second-order valence-electron chi connectivity index (χ2n) is 6.34. The number of para-hydroxylation sites is 1. The molecule has 0 bridgehead atoms. The molecule has 3 N–H and O–H groups in total. The summed E-state index contributed by atoms with van der Waals surface area (Å²) in [5, 5.41) is 3.88. The standard InChI is InChI=1S/C17H25N5O2.ClH/c1-11(2)21(12(3)4)9-10-22-14-8-6-5-7-13(14)15(16(22)23)19-20-17(18)24;/h5-8,11-12H,9-10H2,1-4H3,(H3,18,20,24);1H/b19-15+;. The lowest BCUT2D eigenvalue weighted by molar-refractivity contribution is -0.112. The summed E-state index contributed by atoms with van der Waals surface area (Å²) in [6.45, 7) is 9.88. The summed E-state index contributed by atoms with van der Waals surface area (Å²) in [7, 11) is 0. The quantitative estimate of drug-likeness (QED) is 0.753. The van der Waals surface area contributed by atoms with Gasteiger partial charge in [-0.3, -0.25) is 9.69 Å². The Balaban J connectivity index is 0.00000312. The average Bonchev–Trinajstić information content (AvgIpc) is 2.77. The Hall–Kier alpha value is -2.12. The zero-order valence-corrected chi connectivity index (χ0v) is 15.8. The van der Waals surface area contributed by atoms with Gasteiger partial charge in [0.1, 0.15) is 0 Å². The van der Waals surface area contributed by atoms with Gasteiger partial charge in [0.25, 0.3) is 5.91 Å². The van der Waals surface area contributed by atoms with Crippen LogP contribution in [0.2, 0.25) is 0 Å². The van der Waals surface area contributed by atoms with Crippen molar-refractivity contribution in [3.8, 4) is 0 Å². The maximum Gasteiger partial charge on any atom is 0.332 e. The Bertz CT molecular complexity index is 652. The first-order chi connectivity index (χ1) is 11.3. The summed E-state index contributed by atoms with van der Waals surface area (Å²) in [6.07, 6.45) is 0. The Kier molecular flexibility index (Phi) is 7.38. The third-order valence-electron chi connectivity index (χ3n) is 4.08. The fourth-order valence-electron chi connectivity index (χ4n) is 3.03. The van der Waals surface area contributed by atoms with Crippen molar-refractivity contribution >= 4 is 35.7 Å². The molecule has 0 aromatic heterocycles. The average molecular weight is 368 g/mol. The topological polar surface area (TPSA) is 91.0 Å². The van der Waals surface area contributed by atoms with Gasteiger partial charge in [-0.25, -0.2) is 10.2 Å². The van der Waals surface area contributed by atoms with E-state index < -0.39 is 6.03 Å². The number of urea groups is 1. The summed E-state index contributed by atoms with van der Waals surface area (Å²) < 4.78 is 0. The van der Waals surface area contributed by atoms with Crippen LogP contribution >= 0.6 is 12.4 Å². The number of hydrogen-bond acceptors (Lipinski definition) is 4. The third kappa shape index (κ3) is 4.70. The van der Waals surface area contributed by atoms with Crippen LogP contribution < -0.4 is 16.1 Å². The lowest BCUT2D eigenvalue weighted by Gasteiger charge is -2.32. The summed E-state index contributed by atoms with van der Waals surface area (Å²) in [5.74, 6) is -0.225. The van der Waals surface area contributed by atoms with Gasteiger partial charge in [0.2, 0.25) is 0 Å². The number of carbonyl (C=O) groups is 2. The van der Waals surface area contributed by atoms with E-state index in [2.05, 4.69) is 43.1 Å². The number of anilines is 1. The molecule has 8 heteroatoms. The number of primary amides is 1. The first kappa shape index (κ1) is 20.9. The van der Waals surface area contributed by atoms with Crippen molar-refractivity contribution in [1.29, 1.82) is 0 Å². The predicted octanol–water partition coefficient (Wildman–Crippen LogP) is 1.95. The number of nitrogens with two attached hydrogens (primary N) is 1. The lowest BCUT2D eigenvalue weighted by Crippen LogP contribution is -2.44. The molecule has 0 radical (unpaired) electrons. The van der Waals surface area contributed by atoms with Gasteiger partial charge in [0.05, 0.1) is 5.69 Å². The number of nitrogens with zero attached hydrogens (tertiary/aromatic N) is 3. The van der Waals surface area contributed by atoms with E-state index in [1.165, 1.54) is 0 Å². The molecule has 0 atom stereocenters. The van der Waals surface area contributed by atoms with Crippen LogP contribution in [0, 0.1) is 0 Å². The van der Waals surface area contributed by atoms with Crippen LogP contribution in [0.25, 0.3) is 0 Å². The normalized spacial score (nSPS) is 15.1. The molecule has 0 saturated heterocycles. The van der Waals surface area contributed by atoms with Crippen molar-refractivity contribution in [3.05, 3.63) is 29.8 Å². The number of rotatable bonds is 6. The van der Waals surface area contributed by atoms with Gasteiger partial charge < -0.3 is 10.6 Å². The van der Waals surface area contributed by atoms with Crippen LogP contribution in [0.4, 0.5) is 10.5 Å². The molecular formula is C17H26ClN5O2. The van der Waals surface area contributed by atoms with E-state index >= 15 is 0 Å². The molecule has 0 aliphatic carbocycles. The van der Waals surface area contributed by atoms with E-state index in [9.17, 15) is 9.59 Å². The molecule has 1 aliphatic heterocycles. The van der Waals surface area contributed by atoms with Gasteiger partial charge in [-0.05, 0) is 33.8 Å². The fourth-order valence-corrected chi connectivity index (χ4v) is 3.03. The van der Waals surface area contributed by atoms with Gasteiger partial charge >= 0.3 is 6.03 Å². The van der Waals surface area contributed by atoms with Crippen molar-refractivity contribution in [3.63, 3.8) is 0 Å². The number of fused-ring (bicyclic) bond motifs is 1. The zero-order chi connectivity index (χ0) is 17.9. The minimum absolute atomic E-state index is 0. The van der Waals surface area contributed by atoms with E-state index in [-0.39, 0.29) is 24.0 Å². The van der Waals surface area contributed by atoms with Crippen LogP contribution in [-0.2, 0) is 4.79 Å². The molecule has 0 fully saturated rings. The van der Waals surface area contributed by atoms with E-state index in [4.69, 9.17) is 5.73 Å². The largest absolute Gasteiger partial charge is 0.350 e. The van der Waals surface area contributed by atoms with Gasteiger partial charge in [0.15, 0.2) is 5.71 Å². The highest BCUT2D eigenvalue weighted by atomic mass is 35.5. The number of carbonyl (C=O) groups excluding carboxylic acids is 2. The molecule has 1 aromatic carbocycles. The molecule has 0 unspecified atom stereocenters. The smallest absolute Gasteiger partial charge is 0.332 e. The monoisotopic (exact) mass is 367 g/mol. The summed E-state index contributed by atoms with van der Waals surface area (Å²) in [6, 6.07) is 7.41. The summed E-state index contributed by atoms with van der Waals surface area (Å²) in [5.41, 5.74) is 8.92. The van der Waals surface area contributed by atoms with Gasteiger partial charge in [-0.15, -0.1) is 12.4 Å². The van der Waals surface area contributed by atoms with Crippen LogP contribution in [0.5, 0.6) is 0 Å². The van der Waals surface area contributed by atoms with Gasteiger partial charge in [-0.2, -0.15) is 5.10 Å².